The summed E-state index contributed by atoms with van der Waals surface area (Å²) in [6.45, 7) is -0.427. The van der Waals surface area contributed by atoms with Gasteiger partial charge >= 0.3 is 0 Å². The predicted molar refractivity (Wildman–Crippen MR) is 106 cm³/mol. The first kappa shape index (κ1) is 24.7. The zero-order chi connectivity index (χ0) is 23.4. The van der Waals surface area contributed by atoms with Gasteiger partial charge in [-0.05, 0) is 0 Å². The number of ether oxygens (including phenoxy) is 7. The van der Waals surface area contributed by atoms with Crippen molar-refractivity contribution in [1.29, 1.82) is 0 Å². The van der Waals surface area contributed by atoms with Crippen LogP contribution in [0.1, 0.15) is 0 Å². The van der Waals surface area contributed by atoms with Gasteiger partial charge < -0.3 is 58.7 Å². The Bertz CT molecular complexity index is 720. The van der Waals surface area contributed by atoms with Gasteiger partial charge in [0.2, 0.25) is 12.0 Å². The fraction of sp³-hybridized carbons (Fsp3) is 0.700. The van der Waals surface area contributed by atoms with Crippen LogP contribution < -0.4 is 18.9 Å². The first-order chi connectivity index (χ1) is 15.3. The quantitative estimate of drug-likeness (QED) is 0.281. The van der Waals surface area contributed by atoms with E-state index in [2.05, 4.69) is 0 Å². The second kappa shape index (κ2) is 10.8. The van der Waals surface area contributed by atoms with Gasteiger partial charge in [-0.15, -0.1) is 0 Å². The van der Waals surface area contributed by atoms with Crippen LogP contribution in [0.4, 0.5) is 0 Å². The van der Waals surface area contributed by atoms with Crippen molar-refractivity contribution in [2.75, 3.05) is 41.2 Å². The molecule has 2 fully saturated rings. The Labute approximate surface area is 184 Å². The average molecular weight is 462 g/mol. The van der Waals surface area contributed by atoms with Crippen molar-refractivity contribution < 1.29 is 58.7 Å². The molecule has 0 amide bonds. The second-order valence-corrected chi connectivity index (χ2v) is 7.46. The number of aliphatic hydroxyl groups excluding tert-OH is 5. The molecule has 8 atom stereocenters. The predicted octanol–water partition coefficient (Wildman–Crippen LogP) is -1.76. The lowest BCUT2D eigenvalue weighted by atomic mass is 9.99. The first-order valence-electron chi connectivity index (χ1n) is 10.0. The summed E-state index contributed by atoms with van der Waals surface area (Å²) >= 11 is 0. The number of rotatable bonds is 9. The summed E-state index contributed by atoms with van der Waals surface area (Å²) in [5.74, 6) is 0.648. The number of benzene rings is 1. The lowest BCUT2D eigenvalue weighted by Gasteiger charge is -2.40. The van der Waals surface area contributed by atoms with E-state index in [0.717, 1.165) is 0 Å². The van der Waals surface area contributed by atoms with Crippen LogP contribution in [-0.2, 0) is 14.2 Å². The smallest absolute Gasteiger partial charge is 0.229 e. The summed E-state index contributed by atoms with van der Waals surface area (Å²) in [5, 5.41) is 50.2. The van der Waals surface area contributed by atoms with Crippen LogP contribution in [0.3, 0.4) is 0 Å². The van der Waals surface area contributed by atoms with Crippen molar-refractivity contribution in [2.24, 2.45) is 5.92 Å². The zero-order valence-electron chi connectivity index (χ0n) is 18.0. The fourth-order valence-corrected chi connectivity index (χ4v) is 3.55. The van der Waals surface area contributed by atoms with Gasteiger partial charge in [0.1, 0.15) is 36.3 Å². The normalized spacial score (nSPS) is 34.9. The summed E-state index contributed by atoms with van der Waals surface area (Å²) in [4.78, 5) is 0. The molecule has 2 aliphatic rings. The van der Waals surface area contributed by atoms with Gasteiger partial charge in [-0.25, -0.2) is 0 Å². The van der Waals surface area contributed by atoms with Crippen molar-refractivity contribution in [2.45, 2.75) is 43.1 Å². The molecular formula is C20H30O12. The van der Waals surface area contributed by atoms with Gasteiger partial charge in [-0.3, -0.25) is 0 Å². The Balaban J connectivity index is 1.70. The van der Waals surface area contributed by atoms with E-state index in [1.54, 1.807) is 0 Å². The molecule has 12 heteroatoms. The van der Waals surface area contributed by atoms with E-state index >= 15 is 0 Å². The van der Waals surface area contributed by atoms with E-state index in [1.807, 2.05) is 0 Å². The maximum Gasteiger partial charge on any atom is 0.229 e. The molecule has 0 aromatic heterocycles. The van der Waals surface area contributed by atoms with Gasteiger partial charge in [-0.2, -0.15) is 0 Å². The van der Waals surface area contributed by atoms with Gasteiger partial charge in [0.15, 0.2) is 17.8 Å². The molecule has 0 aliphatic carbocycles. The van der Waals surface area contributed by atoms with Gasteiger partial charge in [0.05, 0.1) is 41.2 Å². The molecule has 2 saturated heterocycles. The minimum atomic E-state index is -1.59. The van der Waals surface area contributed by atoms with Crippen molar-refractivity contribution >= 4 is 0 Å². The summed E-state index contributed by atoms with van der Waals surface area (Å²) in [6.07, 6.45) is -9.22. The highest BCUT2D eigenvalue weighted by Crippen LogP contribution is 2.41. The summed E-state index contributed by atoms with van der Waals surface area (Å²) in [5.41, 5.74) is 0. The largest absolute Gasteiger partial charge is 0.493 e. The Hall–Kier alpha value is -1.90. The molecule has 0 spiro atoms. The lowest BCUT2D eigenvalue weighted by Crippen LogP contribution is -2.60. The third-order valence-corrected chi connectivity index (χ3v) is 5.45. The summed E-state index contributed by atoms with van der Waals surface area (Å²) < 4.78 is 37.9. The van der Waals surface area contributed by atoms with Crippen LogP contribution in [-0.4, -0.2) is 110 Å². The van der Waals surface area contributed by atoms with Crippen LogP contribution in [0, 0.1) is 5.92 Å². The molecule has 2 aliphatic heterocycles. The standard InChI is InChI=1S/C20H30O12/c1-26-11-4-10(5-12(27-2)18(11)28-3)31-20-17(25)16(24)15(23)13(32-20)8-30-19-14(22)9(6-21)7-29-19/h4-5,9,13-17,19-25H,6-8H2,1-3H3. The van der Waals surface area contributed by atoms with Crippen LogP contribution in [0.5, 0.6) is 23.0 Å². The zero-order valence-corrected chi connectivity index (χ0v) is 18.0. The molecule has 5 N–H and O–H groups in total. The van der Waals surface area contributed by atoms with Crippen molar-refractivity contribution in [3.8, 4) is 23.0 Å². The summed E-state index contributed by atoms with van der Waals surface area (Å²) in [6, 6.07) is 2.97. The maximum atomic E-state index is 10.3. The monoisotopic (exact) mass is 462 g/mol. The molecule has 8 unspecified atom stereocenters. The molecule has 0 radical (unpaired) electrons. The van der Waals surface area contributed by atoms with E-state index in [9.17, 15) is 25.5 Å². The maximum absolute atomic E-state index is 10.3. The van der Waals surface area contributed by atoms with Crippen LogP contribution in [0.25, 0.3) is 0 Å². The number of aliphatic hydroxyl groups is 5. The molecule has 12 nitrogen and oxygen atoms in total. The number of methoxy groups -OCH3 is 3. The first-order valence-corrected chi connectivity index (χ1v) is 10.0. The third-order valence-electron chi connectivity index (χ3n) is 5.45. The Morgan fingerprint density at radius 3 is 2.06 bits per heavy atom. The SMILES string of the molecule is COc1cc(OC2OC(COC3OCC(CO)C3O)C(O)C(O)C2O)cc(OC)c1OC. The van der Waals surface area contributed by atoms with E-state index in [4.69, 9.17) is 33.2 Å². The minimum Gasteiger partial charge on any atom is -0.493 e. The van der Waals surface area contributed by atoms with Crippen molar-refractivity contribution in [1.82, 2.24) is 0 Å². The molecule has 0 saturated carbocycles. The summed E-state index contributed by atoms with van der Waals surface area (Å²) in [7, 11) is 4.31. The Kier molecular flexibility index (Phi) is 8.36. The second-order valence-electron chi connectivity index (χ2n) is 7.46. The molecule has 182 valence electrons. The van der Waals surface area contributed by atoms with Gasteiger partial charge in [0.25, 0.3) is 0 Å². The topological polar surface area (TPSA) is 166 Å². The number of hydrogen-bond donors (Lipinski definition) is 5. The molecule has 32 heavy (non-hydrogen) atoms. The fourth-order valence-electron chi connectivity index (χ4n) is 3.55. The van der Waals surface area contributed by atoms with Gasteiger partial charge in [0, 0.05) is 18.1 Å². The van der Waals surface area contributed by atoms with Gasteiger partial charge in [-0.1, -0.05) is 0 Å². The Morgan fingerprint density at radius 1 is 0.875 bits per heavy atom. The molecule has 1 aromatic rings. The lowest BCUT2D eigenvalue weighted by molar-refractivity contribution is -0.288. The minimum absolute atomic E-state index is 0.116. The van der Waals surface area contributed by atoms with Crippen molar-refractivity contribution in [3.05, 3.63) is 12.1 Å². The van der Waals surface area contributed by atoms with Crippen LogP contribution in [0.2, 0.25) is 0 Å². The van der Waals surface area contributed by atoms with E-state index in [1.165, 1.54) is 33.5 Å². The molecular weight excluding hydrogens is 432 g/mol. The van der Waals surface area contributed by atoms with Crippen LogP contribution >= 0.6 is 0 Å². The molecule has 3 rings (SSSR count). The van der Waals surface area contributed by atoms with E-state index in [-0.39, 0.29) is 25.6 Å². The number of hydrogen-bond acceptors (Lipinski definition) is 12. The third kappa shape index (κ3) is 5.02. The van der Waals surface area contributed by atoms with E-state index in [0.29, 0.717) is 17.2 Å². The molecule has 2 heterocycles. The van der Waals surface area contributed by atoms with E-state index < -0.39 is 49.0 Å². The Morgan fingerprint density at radius 2 is 1.53 bits per heavy atom. The van der Waals surface area contributed by atoms with Crippen molar-refractivity contribution in [3.63, 3.8) is 0 Å². The highest BCUT2D eigenvalue weighted by molar-refractivity contribution is 5.55. The average Bonchev–Trinajstić information content (AvgIpc) is 3.17. The highest BCUT2D eigenvalue weighted by Gasteiger charge is 2.46. The highest BCUT2D eigenvalue weighted by atomic mass is 16.7. The molecule has 1 aromatic carbocycles. The molecule has 0 bridgehead atoms. The van der Waals surface area contributed by atoms with Crippen LogP contribution in [0.15, 0.2) is 12.1 Å².